The molecule has 4 nitrogen and oxygen atoms in total. The Morgan fingerprint density at radius 1 is 0.920 bits per heavy atom. The molecule has 1 atom stereocenters. The second kappa shape index (κ2) is 7.62. The molecule has 0 aliphatic carbocycles. The Balaban J connectivity index is 1.65. The number of carbonyl (C=O) groups excluding carboxylic acids is 1. The maximum Gasteiger partial charge on any atom is 0.293 e. The lowest BCUT2D eigenvalue weighted by Crippen LogP contribution is -2.46. The number of pyridine rings is 1. The molecule has 1 aromatic heterocycles. The van der Waals surface area contributed by atoms with Crippen molar-refractivity contribution in [3.05, 3.63) is 84.7 Å². The number of ether oxygens (including phenoxy) is 1. The van der Waals surface area contributed by atoms with Crippen LogP contribution in [0.4, 0.5) is 5.69 Å². The first kappa shape index (κ1) is 16.7. The largest absolute Gasteiger partial charge is 0.457 e. The van der Waals surface area contributed by atoms with Crippen LogP contribution in [0.5, 0.6) is 11.5 Å². The highest BCUT2D eigenvalue weighted by atomic mass is 16.5. The summed E-state index contributed by atoms with van der Waals surface area (Å²) in [5, 5.41) is 2.94. The van der Waals surface area contributed by atoms with E-state index < -0.39 is 0 Å². The molecule has 0 fully saturated rings. The molecule has 0 bridgehead atoms. The Hall–Kier alpha value is -3.14. The molecule has 0 saturated heterocycles. The molecule has 4 heteroatoms. The van der Waals surface area contributed by atoms with Crippen molar-refractivity contribution in [2.24, 2.45) is 0 Å². The molecule has 0 saturated carbocycles. The van der Waals surface area contributed by atoms with Gasteiger partial charge in [-0.1, -0.05) is 24.3 Å². The number of amides is 1. The average Bonchev–Trinajstić information content (AvgIpc) is 2.64. The molecule has 0 aliphatic heterocycles. The standard InChI is InChI=1S/C21H20N2O2/c1-16-8-6-7-15-23(16)17(2)21(24)22-18-11-13-20(14-12-18)25-19-9-4-3-5-10-19/h3-15,17H,1-2H3/p+1/t17-/m0/s1. The number of aromatic nitrogens is 1. The summed E-state index contributed by atoms with van der Waals surface area (Å²) in [5.74, 6) is 1.45. The van der Waals surface area contributed by atoms with Crippen LogP contribution in [0.1, 0.15) is 18.7 Å². The molecule has 1 N–H and O–H groups in total. The van der Waals surface area contributed by atoms with Gasteiger partial charge in [0.05, 0.1) is 0 Å². The van der Waals surface area contributed by atoms with Gasteiger partial charge in [0.25, 0.3) is 5.91 Å². The van der Waals surface area contributed by atoms with Gasteiger partial charge in [-0.25, -0.2) is 0 Å². The Morgan fingerprint density at radius 2 is 1.56 bits per heavy atom. The minimum Gasteiger partial charge on any atom is -0.457 e. The fraction of sp³-hybridized carbons (Fsp3) is 0.143. The highest BCUT2D eigenvalue weighted by Crippen LogP contribution is 2.22. The van der Waals surface area contributed by atoms with E-state index in [4.69, 9.17) is 4.74 Å². The van der Waals surface area contributed by atoms with Gasteiger partial charge >= 0.3 is 0 Å². The van der Waals surface area contributed by atoms with E-state index in [1.165, 1.54) is 0 Å². The van der Waals surface area contributed by atoms with Gasteiger partial charge in [-0.2, -0.15) is 4.57 Å². The molecule has 126 valence electrons. The topological polar surface area (TPSA) is 42.2 Å². The zero-order valence-electron chi connectivity index (χ0n) is 14.3. The summed E-state index contributed by atoms with van der Waals surface area (Å²) in [6, 6.07) is 22.5. The molecular weight excluding hydrogens is 312 g/mol. The molecule has 3 rings (SSSR count). The summed E-state index contributed by atoms with van der Waals surface area (Å²) in [4.78, 5) is 12.5. The van der Waals surface area contributed by atoms with Gasteiger partial charge in [-0.05, 0) is 36.4 Å². The van der Waals surface area contributed by atoms with E-state index in [1.807, 2.05) is 97.4 Å². The molecular formula is C21H21N2O2+. The predicted molar refractivity (Wildman–Crippen MR) is 97.7 cm³/mol. The van der Waals surface area contributed by atoms with Crippen molar-refractivity contribution in [3.63, 3.8) is 0 Å². The molecule has 2 aromatic carbocycles. The van der Waals surface area contributed by atoms with Crippen LogP contribution in [-0.4, -0.2) is 5.91 Å². The molecule has 0 spiro atoms. The smallest absolute Gasteiger partial charge is 0.293 e. The number of hydrogen-bond acceptors (Lipinski definition) is 2. The van der Waals surface area contributed by atoms with Crippen LogP contribution < -0.4 is 14.6 Å². The van der Waals surface area contributed by atoms with Crippen LogP contribution >= 0.6 is 0 Å². The van der Waals surface area contributed by atoms with Crippen LogP contribution in [0.3, 0.4) is 0 Å². The second-order valence-corrected chi connectivity index (χ2v) is 5.85. The van der Waals surface area contributed by atoms with Gasteiger partial charge in [0, 0.05) is 31.7 Å². The summed E-state index contributed by atoms with van der Waals surface area (Å²) < 4.78 is 7.70. The zero-order chi connectivity index (χ0) is 17.6. The lowest BCUT2D eigenvalue weighted by Gasteiger charge is -2.11. The minimum atomic E-state index is -0.290. The van der Waals surface area contributed by atoms with Crippen LogP contribution in [0.25, 0.3) is 0 Å². The van der Waals surface area contributed by atoms with E-state index in [2.05, 4.69) is 5.32 Å². The number of carbonyl (C=O) groups is 1. The molecule has 25 heavy (non-hydrogen) atoms. The van der Waals surface area contributed by atoms with Crippen LogP contribution in [0, 0.1) is 6.92 Å². The molecule has 3 aromatic rings. The monoisotopic (exact) mass is 333 g/mol. The lowest BCUT2D eigenvalue weighted by molar-refractivity contribution is -0.711. The fourth-order valence-electron chi connectivity index (χ4n) is 2.58. The van der Waals surface area contributed by atoms with Crippen molar-refractivity contribution >= 4 is 11.6 Å². The summed E-state index contributed by atoms with van der Waals surface area (Å²) in [5.41, 5.74) is 1.78. The first-order valence-corrected chi connectivity index (χ1v) is 8.24. The zero-order valence-corrected chi connectivity index (χ0v) is 14.3. The molecule has 1 heterocycles. The van der Waals surface area contributed by atoms with Crippen molar-refractivity contribution in [2.45, 2.75) is 19.9 Å². The van der Waals surface area contributed by atoms with Crippen molar-refractivity contribution in [1.29, 1.82) is 0 Å². The summed E-state index contributed by atoms with van der Waals surface area (Å²) in [6.07, 6.45) is 1.91. The third kappa shape index (κ3) is 4.23. The molecule has 1 amide bonds. The first-order chi connectivity index (χ1) is 12.1. The summed E-state index contributed by atoms with van der Waals surface area (Å²) in [7, 11) is 0. The van der Waals surface area contributed by atoms with Crippen molar-refractivity contribution in [3.8, 4) is 11.5 Å². The highest BCUT2D eigenvalue weighted by molar-refractivity contribution is 5.92. The van der Waals surface area contributed by atoms with Gasteiger partial charge < -0.3 is 10.1 Å². The molecule has 0 aliphatic rings. The SMILES string of the molecule is Cc1cccc[n+]1[C@@H](C)C(=O)Nc1ccc(Oc2ccccc2)cc1. The van der Waals surface area contributed by atoms with E-state index in [9.17, 15) is 4.79 Å². The Labute approximate surface area is 147 Å². The van der Waals surface area contributed by atoms with Crippen molar-refractivity contribution in [1.82, 2.24) is 0 Å². The number of benzene rings is 2. The number of nitrogens with one attached hydrogen (secondary N) is 1. The van der Waals surface area contributed by atoms with E-state index in [0.29, 0.717) is 0 Å². The lowest BCUT2D eigenvalue weighted by atomic mass is 10.2. The van der Waals surface area contributed by atoms with E-state index in [1.54, 1.807) is 0 Å². The van der Waals surface area contributed by atoms with Crippen LogP contribution in [-0.2, 0) is 4.79 Å². The Bertz CT molecular complexity index is 845. The Kier molecular flexibility index (Phi) is 5.09. The molecule has 0 radical (unpaired) electrons. The number of hydrogen-bond donors (Lipinski definition) is 1. The van der Waals surface area contributed by atoms with E-state index >= 15 is 0 Å². The van der Waals surface area contributed by atoms with Gasteiger partial charge in [0.15, 0.2) is 11.9 Å². The third-order valence-corrected chi connectivity index (χ3v) is 4.00. The van der Waals surface area contributed by atoms with Gasteiger partial charge in [0.1, 0.15) is 11.5 Å². The summed E-state index contributed by atoms with van der Waals surface area (Å²) in [6.45, 7) is 3.87. The number of para-hydroxylation sites is 1. The Morgan fingerprint density at radius 3 is 2.24 bits per heavy atom. The number of rotatable bonds is 5. The quantitative estimate of drug-likeness (QED) is 0.708. The average molecular weight is 333 g/mol. The summed E-state index contributed by atoms with van der Waals surface area (Å²) >= 11 is 0. The maximum atomic E-state index is 12.5. The van der Waals surface area contributed by atoms with E-state index in [0.717, 1.165) is 22.9 Å². The highest BCUT2D eigenvalue weighted by Gasteiger charge is 2.23. The number of aryl methyl sites for hydroxylation is 1. The van der Waals surface area contributed by atoms with Crippen LogP contribution in [0.15, 0.2) is 79.0 Å². The number of anilines is 1. The van der Waals surface area contributed by atoms with Gasteiger partial charge in [-0.3, -0.25) is 4.79 Å². The normalized spacial score (nSPS) is 11.6. The van der Waals surface area contributed by atoms with Gasteiger partial charge in [-0.15, -0.1) is 0 Å². The predicted octanol–water partition coefficient (Wildman–Crippen LogP) is 4.27. The van der Waals surface area contributed by atoms with Crippen LogP contribution in [0.2, 0.25) is 0 Å². The van der Waals surface area contributed by atoms with Gasteiger partial charge in [0.2, 0.25) is 6.04 Å². The third-order valence-electron chi connectivity index (χ3n) is 4.00. The van der Waals surface area contributed by atoms with E-state index in [-0.39, 0.29) is 11.9 Å². The minimum absolute atomic E-state index is 0.0592. The maximum absolute atomic E-state index is 12.5. The second-order valence-electron chi connectivity index (χ2n) is 5.85. The first-order valence-electron chi connectivity index (χ1n) is 8.24. The fourth-order valence-corrected chi connectivity index (χ4v) is 2.58. The number of nitrogens with zero attached hydrogens (tertiary/aromatic N) is 1. The van der Waals surface area contributed by atoms with Crippen molar-refractivity contribution in [2.75, 3.05) is 5.32 Å². The van der Waals surface area contributed by atoms with Crippen molar-refractivity contribution < 1.29 is 14.1 Å². The molecule has 0 unspecified atom stereocenters.